The Morgan fingerprint density at radius 1 is 1.24 bits per heavy atom. The molecule has 0 aromatic carbocycles. The summed E-state index contributed by atoms with van der Waals surface area (Å²) < 4.78 is 36.2. The highest BCUT2D eigenvalue weighted by Crippen LogP contribution is 2.27. The van der Waals surface area contributed by atoms with Gasteiger partial charge in [0.05, 0.1) is 6.07 Å². The summed E-state index contributed by atoms with van der Waals surface area (Å²) in [6, 6.07) is 2.17. The second-order valence-corrected chi connectivity index (χ2v) is 4.59. The number of hydrogen-bond acceptors (Lipinski definition) is 3. The summed E-state index contributed by atoms with van der Waals surface area (Å²) in [6.45, 7) is 4.74. The second kappa shape index (κ2) is 5.69. The molecule has 17 heavy (non-hydrogen) atoms. The molecule has 0 spiro atoms. The van der Waals surface area contributed by atoms with Crippen molar-refractivity contribution in [1.82, 2.24) is 10.2 Å². The van der Waals surface area contributed by atoms with Crippen molar-refractivity contribution in [2.24, 2.45) is 0 Å². The third kappa shape index (κ3) is 4.52. The lowest BCUT2D eigenvalue weighted by Crippen LogP contribution is -2.54. The zero-order valence-corrected chi connectivity index (χ0v) is 9.98. The predicted molar refractivity (Wildman–Crippen MR) is 58.4 cm³/mol. The number of piperazine rings is 1. The van der Waals surface area contributed by atoms with Gasteiger partial charge in [-0.3, -0.25) is 4.90 Å². The molecular weight excluding hydrogens is 231 g/mol. The summed E-state index contributed by atoms with van der Waals surface area (Å²) >= 11 is 0. The molecule has 1 rings (SSSR count). The predicted octanol–water partition coefficient (Wildman–Crippen LogP) is 1.91. The first kappa shape index (κ1) is 14.3. The molecule has 0 aromatic rings. The van der Waals surface area contributed by atoms with Gasteiger partial charge in [-0.15, -0.1) is 0 Å². The first-order valence-electron chi connectivity index (χ1n) is 5.81. The number of nitriles is 1. The quantitative estimate of drug-likeness (QED) is 0.827. The van der Waals surface area contributed by atoms with Crippen LogP contribution in [0.15, 0.2) is 0 Å². The molecule has 0 bridgehead atoms. The van der Waals surface area contributed by atoms with Crippen molar-refractivity contribution in [3.05, 3.63) is 0 Å². The second-order valence-electron chi connectivity index (χ2n) is 4.59. The van der Waals surface area contributed by atoms with E-state index in [2.05, 4.69) is 11.4 Å². The summed E-state index contributed by atoms with van der Waals surface area (Å²) in [4.78, 5) is 1.97. The fourth-order valence-corrected chi connectivity index (χ4v) is 2.08. The molecule has 3 nitrogen and oxygen atoms in total. The highest BCUT2D eigenvalue weighted by molar-refractivity contribution is 5.06. The Morgan fingerprint density at radius 3 is 2.29 bits per heavy atom. The van der Waals surface area contributed by atoms with E-state index in [0.717, 1.165) is 26.2 Å². The smallest absolute Gasteiger partial charge is 0.314 e. The van der Waals surface area contributed by atoms with Crippen LogP contribution in [-0.2, 0) is 0 Å². The fraction of sp³-hybridized carbons (Fsp3) is 0.909. The van der Waals surface area contributed by atoms with Crippen LogP contribution in [0.5, 0.6) is 0 Å². The molecule has 0 aliphatic carbocycles. The Labute approximate surface area is 99.6 Å². The molecule has 1 aliphatic heterocycles. The molecule has 1 heterocycles. The van der Waals surface area contributed by atoms with E-state index in [1.54, 1.807) is 6.92 Å². The number of rotatable bonds is 4. The lowest BCUT2D eigenvalue weighted by Gasteiger charge is -2.38. The van der Waals surface area contributed by atoms with Crippen molar-refractivity contribution in [3.63, 3.8) is 0 Å². The van der Waals surface area contributed by atoms with Gasteiger partial charge in [-0.2, -0.15) is 18.4 Å². The molecule has 1 unspecified atom stereocenters. The van der Waals surface area contributed by atoms with E-state index in [0.29, 0.717) is 0 Å². The van der Waals surface area contributed by atoms with Crippen LogP contribution in [-0.4, -0.2) is 42.8 Å². The van der Waals surface area contributed by atoms with E-state index in [-0.39, 0.29) is 12.8 Å². The van der Waals surface area contributed by atoms with Crippen molar-refractivity contribution >= 4 is 0 Å². The Kier molecular flexibility index (Phi) is 4.78. The zero-order valence-electron chi connectivity index (χ0n) is 9.98. The van der Waals surface area contributed by atoms with Gasteiger partial charge in [-0.25, -0.2) is 0 Å². The van der Waals surface area contributed by atoms with Crippen LogP contribution in [0, 0.1) is 11.3 Å². The molecule has 0 amide bonds. The topological polar surface area (TPSA) is 39.1 Å². The molecule has 98 valence electrons. The Balaban J connectivity index is 2.47. The molecule has 0 radical (unpaired) electrons. The molecule has 1 aliphatic rings. The summed E-state index contributed by atoms with van der Waals surface area (Å²) in [5.41, 5.74) is -0.770. The maximum absolute atomic E-state index is 12.1. The minimum atomic E-state index is -4.13. The highest BCUT2D eigenvalue weighted by atomic mass is 19.4. The maximum Gasteiger partial charge on any atom is 0.389 e. The van der Waals surface area contributed by atoms with E-state index >= 15 is 0 Å². The lowest BCUT2D eigenvalue weighted by atomic mass is 9.93. The maximum atomic E-state index is 12.1. The number of halogens is 3. The molecule has 0 saturated carbocycles. The Hall–Kier alpha value is -0.800. The third-order valence-electron chi connectivity index (χ3n) is 3.18. The van der Waals surface area contributed by atoms with Crippen LogP contribution < -0.4 is 5.32 Å². The van der Waals surface area contributed by atoms with Gasteiger partial charge in [-0.1, -0.05) is 0 Å². The molecule has 1 N–H and O–H groups in total. The van der Waals surface area contributed by atoms with Gasteiger partial charge in [0.15, 0.2) is 0 Å². The number of alkyl halides is 3. The van der Waals surface area contributed by atoms with E-state index in [1.165, 1.54) is 0 Å². The lowest BCUT2D eigenvalue weighted by molar-refractivity contribution is -0.136. The van der Waals surface area contributed by atoms with E-state index in [4.69, 9.17) is 0 Å². The third-order valence-corrected chi connectivity index (χ3v) is 3.18. The average Bonchev–Trinajstić information content (AvgIpc) is 2.28. The van der Waals surface area contributed by atoms with Gasteiger partial charge < -0.3 is 5.32 Å². The summed E-state index contributed by atoms with van der Waals surface area (Å²) in [7, 11) is 0. The molecule has 6 heteroatoms. The number of nitrogens with zero attached hydrogens (tertiary/aromatic N) is 2. The first-order chi connectivity index (χ1) is 7.87. The van der Waals surface area contributed by atoms with Gasteiger partial charge in [0.1, 0.15) is 5.54 Å². The SMILES string of the molecule is CC(C#N)(CCCC(F)(F)F)N1CCNCC1. The number of nitrogens with one attached hydrogen (secondary N) is 1. The van der Waals surface area contributed by atoms with Crippen LogP contribution in [0.3, 0.4) is 0 Å². The molecule has 1 saturated heterocycles. The van der Waals surface area contributed by atoms with Crippen molar-refractivity contribution < 1.29 is 13.2 Å². The van der Waals surface area contributed by atoms with Crippen LogP contribution in [0.25, 0.3) is 0 Å². The van der Waals surface area contributed by atoms with Crippen molar-refractivity contribution in [1.29, 1.82) is 5.26 Å². The van der Waals surface area contributed by atoms with Crippen LogP contribution in [0.1, 0.15) is 26.2 Å². The summed E-state index contributed by atoms with van der Waals surface area (Å²) in [5.74, 6) is 0. The van der Waals surface area contributed by atoms with Crippen molar-refractivity contribution in [2.45, 2.75) is 37.9 Å². The normalized spacial score (nSPS) is 21.8. The first-order valence-corrected chi connectivity index (χ1v) is 5.81. The van der Waals surface area contributed by atoms with Gasteiger partial charge in [-0.05, 0) is 19.8 Å². The standard InChI is InChI=1S/C11H18F3N3/c1-10(9-15,3-2-4-11(12,13)14)17-7-5-16-6-8-17/h16H,2-8H2,1H3. The van der Waals surface area contributed by atoms with Crippen LogP contribution in [0.4, 0.5) is 13.2 Å². The monoisotopic (exact) mass is 249 g/mol. The van der Waals surface area contributed by atoms with Crippen LogP contribution in [0.2, 0.25) is 0 Å². The van der Waals surface area contributed by atoms with Crippen molar-refractivity contribution in [2.75, 3.05) is 26.2 Å². The van der Waals surface area contributed by atoms with Gasteiger partial charge in [0.2, 0.25) is 0 Å². The minimum absolute atomic E-state index is 0.0114. The summed E-state index contributed by atoms with van der Waals surface area (Å²) in [5, 5.41) is 12.3. The Bertz CT molecular complexity index is 279. The summed E-state index contributed by atoms with van der Waals surface area (Å²) in [6.07, 6.45) is -4.66. The van der Waals surface area contributed by atoms with E-state index in [9.17, 15) is 18.4 Å². The molecule has 1 atom stereocenters. The largest absolute Gasteiger partial charge is 0.389 e. The zero-order chi connectivity index (χ0) is 12.9. The molecule has 1 fully saturated rings. The van der Waals surface area contributed by atoms with Gasteiger partial charge in [0.25, 0.3) is 0 Å². The molecular formula is C11H18F3N3. The van der Waals surface area contributed by atoms with E-state index in [1.807, 2.05) is 4.90 Å². The van der Waals surface area contributed by atoms with Gasteiger partial charge in [0, 0.05) is 32.6 Å². The number of hydrogen-bond donors (Lipinski definition) is 1. The molecule has 0 aromatic heterocycles. The highest BCUT2D eigenvalue weighted by Gasteiger charge is 2.34. The Morgan fingerprint density at radius 2 is 1.82 bits per heavy atom. The minimum Gasteiger partial charge on any atom is -0.314 e. The van der Waals surface area contributed by atoms with Crippen molar-refractivity contribution in [3.8, 4) is 6.07 Å². The van der Waals surface area contributed by atoms with Crippen LogP contribution >= 0.6 is 0 Å². The van der Waals surface area contributed by atoms with Gasteiger partial charge >= 0.3 is 6.18 Å². The average molecular weight is 249 g/mol. The fourth-order valence-electron chi connectivity index (χ4n) is 2.08. The van der Waals surface area contributed by atoms with E-state index < -0.39 is 18.1 Å².